The van der Waals surface area contributed by atoms with Crippen molar-refractivity contribution in [2.45, 2.75) is 12.3 Å². The van der Waals surface area contributed by atoms with Gasteiger partial charge in [-0.25, -0.2) is 24.9 Å². The van der Waals surface area contributed by atoms with Crippen molar-refractivity contribution in [2.75, 3.05) is 0 Å². The minimum Gasteiger partial charge on any atom is -0.228 e. The van der Waals surface area contributed by atoms with Crippen molar-refractivity contribution in [1.29, 1.82) is 0 Å². The highest BCUT2D eigenvalue weighted by Crippen LogP contribution is 2.41. The molecule has 0 aliphatic heterocycles. The van der Waals surface area contributed by atoms with Crippen molar-refractivity contribution in [3.8, 4) is 67.8 Å². The van der Waals surface area contributed by atoms with Crippen molar-refractivity contribution >= 4 is 0 Å². The van der Waals surface area contributed by atoms with Crippen LogP contribution in [0.3, 0.4) is 0 Å². The second kappa shape index (κ2) is 14.5. The Labute approximate surface area is 326 Å². The van der Waals surface area contributed by atoms with E-state index >= 15 is 0 Å². The number of fused-ring (bicyclic) bond motifs is 2. The van der Waals surface area contributed by atoms with E-state index in [1.165, 1.54) is 22.3 Å². The average molecular weight is 718 g/mol. The van der Waals surface area contributed by atoms with Gasteiger partial charge in [-0.3, -0.25) is 0 Å². The molecule has 0 bridgehead atoms. The Balaban J connectivity index is 1.08. The molecule has 0 radical (unpaired) electrons. The molecule has 264 valence electrons. The Morgan fingerprint density at radius 1 is 0.304 bits per heavy atom. The van der Waals surface area contributed by atoms with Gasteiger partial charge in [0.15, 0.2) is 17.5 Å². The average Bonchev–Trinajstić information content (AvgIpc) is 3.29. The van der Waals surface area contributed by atoms with E-state index in [1.807, 2.05) is 54.6 Å². The van der Waals surface area contributed by atoms with E-state index in [0.29, 0.717) is 17.5 Å². The lowest BCUT2D eigenvalue weighted by atomic mass is 9.77. The highest BCUT2D eigenvalue weighted by molar-refractivity contribution is 5.77. The summed E-state index contributed by atoms with van der Waals surface area (Å²) in [4.78, 5) is 25.7. The van der Waals surface area contributed by atoms with E-state index in [-0.39, 0.29) is 5.92 Å². The monoisotopic (exact) mass is 717 g/mol. The molecule has 10 rings (SSSR count). The van der Waals surface area contributed by atoms with Crippen LogP contribution in [-0.4, -0.2) is 24.9 Å². The summed E-state index contributed by atoms with van der Waals surface area (Å²) in [5.74, 6) is 2.62. The molecule has 1 aliphatic rings. The van der Waals surface area contributed by atoms with Gasteiger partial charge in [-0.1, -0.05) is 176 Å². The first-order valence-electron chi connectivity index (χ1n) is 18.9. The summed E-state index contributed by atoms with van der Waals surface area (Å²) in [7, 11) is 0. The fourth-order valence-electron chi connectivity index (χ4n) is 7.74. The predicted molar refractivity (Wildman–Crippen MR) is 225 cm³/mol. The van der Waals surface area contributed by atoms with Gasteiger partial charge in [-0.2, -0.15) is 0 Å². The van der Waals surface area contributed by atoms with Crippen LogP contribution in [0.2, 0.25) is 0 Å². The van der Waals surface area contributed by atoms with Crippen LogP contribution in [0.15, 0.2) is 194 Å². The minimum atomic E-state index is -0.116. The maximum Gasteiger partial charge on any atom is 0.163 e. The zero-order valence-corrected chi connectivity index (χ0v) is 30.5. The third-order valence-electron chi connectivity index (χ3n) is 10.5. The van der Waals surface area contributed by atoms with Crippen LogP contribution < -0.4 is 0 Å². The fraction of sp³-hybridized carbons (Fsp3) is 0.0392. The normalized spacial score (nSPS) is 12.1. The molecule has 1 aliphatic carbocycles. The van der Waals surface area contributed by atoms with E-state index in [0.717, 1.165) is 62.6 Å². The lowest BCUT2D eigenvalue weighted by Gasteiger charge is -2.28. The van der Waals surface area contributed by atoms with Crippen molar-refractivity contribution in [3.63, 3.8) is 0 Å². The van der Waals surface area contributed by atoms with Gasteiger partial charge >= 0.3 is 0 Å². The molecule has 0 unspecified atom stereocenters. The molecule has 56 heavy (non-hydrogen) atoms. The van der Waals surface area contributed by atoms with Gasteiger partial charge in [-0.05, 0) is 58.0 Å². The molecule has 5 nitrogen and oxygen atoms in total. The molecule has 5 heteroatoms. The van der Waals surface area contributed by atoms with Crippen LogP contribution in [0.25, 0.3) is 67.8 Å². The van der Waals surface area contributed by atoms with Crippen LogP contribution in [0, 0.1) is 0 Å². The molecule has 0 atom stereocenters. The maximum atomic E-state index is 5.29. The van der Waals surface area contributed by atoms with Crippen LogP contribution in [0.4, 0.5) is 0 Å². The van der Waals surface area contributed by atoms with Crippen molar-refractivity contribution < 1.29 is 0 Å². The van der Waals surface area contributed by atoms with E-state index < -0.39 is 0 Å². The zero-order valence-electron chi connectivity index (χ0n) is 30.5. The van der Waals surface area contributed by atoms with Crippen LogP contribution >= 0.6 is 0 Å². The van der Waals surface area contributed by atoms with Crippen molar-refractivity contribution in [3.05, 3.63) is 222 Å². The van der Waals surface area contributed by atoms with Crippen molar-refractivity contribution in [2.24, 2.45) is 0 Å². The topological polar surface area (TPSA) is 64.5 Å². The van der Waals surface area contributed by atoms with E-state index in [1.54, 1.807) is 0 Å². The smallest absolute Gasteiger partial charge is 0.163 e. The molecule has 9 aromatic rings. The molecule has 0 amide bonds. The Kier molecular flexibility index (Phi) is 8.58. The highest BCUT2D eigenvalue weighted by atomic mass is 15.0. The lowest BCUT2D eigenvalue weighted by molar-refractivity contribution is 0.799. The molecule has 0 saturated heterocycles. The van der Waals surface area contributed by atoms with Gasteiger partial charge in [0.05, 0.1) is 17.3 Å². The van der Waals surface area contributed by atoms with E-state index in [9.17, 15) is 0 Å². The van der Waals surface area contributed by atoms with E-state index in [4.69, 9.17) is 24.9 Å². The van der Waals surface area contributed by atoms with Gasteiger partial charge in [0.2, 0.25) is 0 Å². The molecular formula is C51H35N5. The third kappa shape index (κ3) is 6.46. The summed E-state index contributed by atoms with van der Waals surface area (Å²) in [6.45, 7) is 0. The second-order valence-corrected chi connectivity index (χ2v) is 14.1. The SMILES string of the molecule is c1ccc(-c2cc(-c3cccc(-c4cccc(-c5nc(-c6ccccc6)nc(C6c7ccccc7Cc7ccccc76)n5)c4)c3)nc(-c3ccccc3)n2)cc1. The Hall–Kier alpha value is -7.37. The Morgan fingerprint density at radius 2 is 0.714 bits per heavy atom. The summed E-state index contributed by atoms with van der Waals surface area (Å²) in [6, 6.07) is 67.1. The molecular weight excluding hydrogens is 683 g/mol. The molecule has 0 spiro atoms. The summed E-state index contributed by atoms with van der Waals surface area (Å²) in [5, 5.41) is 0. The first-order chi connectivity index (χ1) is 27.7. The van der Waals surface area contributed by atoms with E-state index in [2.05, 4.69) is 140 Å². The van der Waals surface area contributed by atoms with Gasteiger partial charge in [0.25, 0.3) is 0 Å². The standard InChI is InChI=1S/C51H35N5/c1-4-16-34(17-5-1)45-33-46(53-48(52-45)35-18-6-2-7-19-35)41-26-14-24-37(30-41)38-25-15-27-42(31-38)50-54-49(36-20-8-3-9-21-36)55-51(56-50)47-43-28-12-10-22-39(43)32-40-23-11-13-29-44(40)47/h1-31,33,47H,32H2. The van der Waals surface area contributed by atoms with Crippen LogP contribution in [0.1, 0.15) is 34.0 Å². The van der Waals surface area contributed by atoms with Gasteiger partial charge in [-0.15, -0.1) is 0 Å². The first kappa shape index (κ1) is 33.2. The largest absolute Gasteiger partial charge is 0.228 e. The van der Waals surface area contributed by atoms with Gasteiger partial charge in [0, 0.05) is 27.8 Å². The summed E-state index contributed by atoms with van der Waals surface area (Å²) < 4.78 is 0. The Morgan fingerprint density at radius 3 is 1.30 bits per heavy atom. The number of hydrogen-bond acceptors (Lipinski definition) is 5. The molecule has 2 aromatic heterocycles. The fourth-order valence-corrected chi connectivity index (χ4v) is 7.74. The summed E-state index contributed by atoms with van der Waals surface area (Å²) in [5.41, 5.74) is 13.8. The maximum absolute atomic E-state index is 5.29. The van der Waals surface area contributed by atoms with Gasteiger partial charge < -0.3 is 0 Å². The highest BCUT2D eigenvalue weighted by Gasteiger charge is 2.30. The summed E-state index contributed by atoms with van der Waals surface area (Å²) in [6.07, 6.45) is 0.892. The quantitative estimate of drug-likeness (QED) is 0.164. The number of aromatic nitrogens is 5. The number of hydrogen-bond donors (Lipinski definition) is 0. The third-order valence-corrected chi connectivity index (χ3v) is 10.5. The van der Waals surface area contributed by atoms with Crippen LogP contribution in [-0.2, 0) is 6.42 Å². The van der Waals surface area contributed by atoms with Crippen molar-refractivity contribution in [1.82, 2.24) is 24.9 Å². The zero-order chi connectivity index (χ0) is 37.3. The molecule has 2 heterocycles. The van der Waals surface area contributed by atoms with Crippen LogP contribution in [0.5, 0.6) is 0 Å². The number of benzene rings is 7. The first-order valence-corrected chi connectivity index (χ1v) is 18.9. The minimum absolute atomic E-state index is 0.116. The lowest BCUT2D eigenvalue weighted by Crippen LogP contribution is -2.18. The van der Waals surface area contributed by atoms with Gasteiger partial charge in [0.1, 0.15) is 5.82 Å². The molecule has 7 aromatic carbocycles. The Bertz CT molecular complexity index is 2730. The molecule has 0 N–H and O–H groups in total. The number of nitrogens with zero attached hydrogens (tertiary/aromatic N) is 5. The second-order valence-electron chi connectivity index (χ2n) is 14.1. The number of rotatable bonds is 7. The molecule has 0 fully saturated rings. The molecule has 0 saturated carbocycles. The summed E-state index contributed by atoms with van der Waals surface area (Å²) >= 11 is 0. The predicted octanol–water partition coefficient (Wildman–Crippen LogP) is 11.7.